The van der Waals surface area contributed by atoms with E-state index in [1.165, 1.54) is 11.8 Å². The molecule has 3 aromatic rings. The van der Waals surface area contributed by atoms with Crippen molar-refractivity contribution in [2.24, 2.45) is 0 Å². The number of carbonyl (C=O) groups is 1. The predicted octanol–water partition coefficient (Wildman–Crippen LogP) is 5.91. The number of benzene rings is 2. The standard InChI is InChI=1S/C18H14BrNOS2/c19-13-7-9-14(10-8-13)23-12-18(21)20-16-5-2-1-4-15(16)17-6-3-11-22-17/h1-11H,12H2,(H,20,21). The van der Waals surface area contributed by atoms with Crippen LogP contribution in [0, 0.1) is 0 Å². The van der Waals surface area contributed by atoms with E-state index in [0.717, 1.165) is 25.5 Å². The number of anilines is 1. The molecule has 1 amide bonds. The summed E-state index contributed by atoms with van der Waals surface area (Å²) in [6.45, 7) is 0. The lowest BCUT2D eigenvalue weighted by atomic mass is 10.1. The highest BCUT2D eigenvalue weighted by atomic mass is 79.9. The Bertz CT molecular complexity index is 785. The topological polar surface area (TPSA) is 29.1 Å². The number of halogens is 1. The Morgan fingerprint density at radius 3 is 2.57 bits per heavy atom. The van der Waals surface area contributed by atoms with Gasteiger partial charge < -0.3 is 5.32 Å². The number of carbonyl (C=O) groups excluding carboxylic acids is 1. The Kier molecular flexibility index (Phi) is 5.54. The summed E-state index contributed by atoms with van der Waals surface area (Å²) in [5, 5.41) is 5.06. The molecule has 116 valence electrons. The Morgan fingerprint density at radius 2 is 1.83 bits per heavy atom. The zero-order valence-corrected chi connectivity index (χ0v) is 15.4. The second kappa shape index (κ2) is 7.81. The Morgan fingerprint density at radius 1 is 1.04 bits per heavy atom. The van der Waals surface area contributed by atoms with E-state index in [2.05, 4.69) is 27.3 Å². The predicted molar refractivity (Wildman–Crippen MR) is 103 cm³/mol. The first kappa shape index (κ1) is 16.3. The maximum absolute atomic E-state index is 12.2. The highest BCUT2D eigenvalue weighted by Gasteiger charge is 2.09. The molecule has 0 saturated carbocycles. The zero-order valence-electron chi connectivity index (χ0n) is 12.2. The molecule has 0 aliphatic rings. The van der Waals surface area contributed by atoms with Gasteiger partial charge in [0.05, 0.1) is 5.75 Å². The van der Waals surface area contributed by atoms with E-state index >= 15 is 0 Å². The molecule has 0 radical (unpaired) electrons. The lowest BCUT2D eigenvalue weighted by Gasteiger charge is -2.10. The number of thiophene rings is 1. The van der Waals surface area contributed by atoms with Crippen LogP contribution in [0.1, 0.15) is 0 Å². The number of rotatable bonds is 5. The first-order chi connectivity index (χ1) is 11.2. The molecule has 1 heterocycles. The summed E-state index contributed by atoms with van der Waals surface area (Å²) >= 11 is 6.61. The van der Waals surface area contributed by atoms with Crippen LogP contribution in [0.5, 0.6) is 0 Å². The van der Waals surface area contributed by atoms with E-state index in [1.807, 2.05) is 60.0 Å². The van der Waals surface area contributed by atoms with E-state index in [-0.39, 0.29) is 5.91 Å². The molecular formula is C18H14BrNOS2. The molecule has 0 unspecified atom stereocenters. The molecule has 0 aliphatic carbocycles. The molecule has 0 atom stereocenters. The summed E-state index contributed by atoms with van der Waals surface area (Å²) in [7, 11) is 0. The number of hydrogen-bond acceptors (Lipinski definition) is 3. The van der Waals surface area contributed by atoms with Crippen molar-refractivity contribution >= 4 is 50.6 Å². The summed E-state index contributed by atoms with van der Waals surface area (Å²) in [5.41, 5.74) is 1.92. The van der Waals surface area contributed by atoms with Crippen LogP contribution in [0.25, 0.3) is 10.4 Å². The van der Waals surface area contributed by atoms with Crippen molar-refractivity contribution in [3.8, 4) is 10.4 Å². The number of hydrogen-bond donors (Lipinski definition) is 1. The van der Waals surface area contributed by atoms with Crippen molar-refractivity contribution in [2.75, 3.05) is 11.1 Å². The van der Waals surface area contributed by atoms with Gasteiger partial charge in [0.2, 0.25) is 5.91 Å². The first-order valence-corrected chi connectivity index (χ1v) is 9.69. The normalized spacial score (nSPS) is 10.5. The van der Waals surface area contributed by atoms with Crippen molar-refractivity contribution in [1.29, 1.82) is 0 Å². The quantitative estimate of drug-likeness (QED) is 0.536. The molecule has 1 aromatic heterocycles. The number of nitrogens with one attached hydrogen (secondary N) is 1. The highest BCUT2D eigenvalue weighted by molar-refractivity contribution is 9.10. The number of amides is 1. The van der Waals surface area contributed by atoms with Crippen LogP contribution >= 0.6 is 39.0 Å². The van der Waals surface area contributed by atoms with Gasteiger partial charge in [0.15, 0.2) is 0 Å². The van der Waals surface area contributed by atoms with Crippen LogP contribution in [-0.2, 0) is 4.79 Å². The Balaban J connectivity index is 1.65. The average molecular weight is 404 g/mol. The van der Waals surface area contributed by atoms with Gasteiger partial charge in [-0.05, 0) is 41.8 Å². The fraction of sp³-hybridized carbons (Fsp3) is 0.0556. The van der Waals surface area contributed by atoms with Gasteiger partial charge in [-0.25, -0.2) is 0 Å². The molecule has 0 spiro atoms. The van der Waals surface area contributed by atoms with Gasteiger partial charge in [0.1, 0.15) is 0 Å². The third kappa shape index (κ3) is 4.47. The summed E-state index contributed by atoms with van der Waals surface area (Å²) in [4.78, 5) is 14.5. The maximum Gasteiger partial charge on any atom is 0.234 e. The molecule has 1 N–H and O–H groups in total. The van der Waals surface area contributed by atoms with Gasteiger partial charge in [0.25, 0.3) is 0 Å². The minimum absolute atomic E-state index is 0.00178. The number of thioether (sulfide) groups is 1. The molecule has 2 aromatic carbocycles. The van der Waals surface area contributed by atoms with Crippen molar-refractivity contribution in [3.63, 3.8) is 0 Å². The lowest BCUT2D eigenvalue weighted by molar-refractivity contribution is -0.113. The van der Waals surface area contributed by atoms with Crippen LogP contribution in [0.4, 0.5) is 5.69 Å². The smallest absolute Gasteiger partial charge is 0.234 e. The second-order valence-electron chi connectivity index (χ2n) is 4.81. The third-order valence-corrected chi connectivity index (χ3v) is 5.62. The van der Waals surface area contributed by atoms with Crippen LogP contribution in [0.15, 0.2) is 75.4 Å². The van der Waals surface area contributed by atoms with Crippen LogP contribution < -0.4 is 5.32 Å². The summed E-state index contributed by atoms with van der Waals surface area (Å²) in [5.74, 6) is 0.391. The Hall–Kier alpha value is -1.56. The van der Waals surface area contributed by atoms with E-state index in [4.69, 9.17) is 0 Å². The molecule has 0 fully saturated rings. The molecule has 0 bridgehead atoms. The van der Waals surface area contributed by atoms with Crippen molar-refractivity contribution < 1.29 is 4.79 Å². The fourth-order valence-corrected chi connectivity index (χ4v) is 3.83. The maximum atomic E-state index is 12.2. The SMILES string of the molecule is O=C(CSc1ccc(Br)cc1)Nc1ccccc1-c1cccs1. The van der Waals surface area contributed by atoms with E-state index in [1.54, 1.807) is 11.3 Å². The molecule has 2 nitrogen and oxygen atoms in total. The van der Waals surface area contributed by atoms with Gasteiger partial charge in [-0.2, -0.15) is 0 Å². The minimum atomic E-state index is 0.00178. The monoisotopic (exact) mass is 403 g/mol. The number of para-hydroxylation sites is 1. The van der Waals surface area contributed by atoms with E-state index in [0.29, 0.717) is 5.75 Å². The van der Waals surface area contributed by atoms with Gasteiger partial charge >= 0.3 is 0 Å². The lowest BCUT2D eigenvalue weighted by Crippen LogP contribution is -2.14. The molecule has 0 aliphatic heterocycles. The Labute approximate surface area is 152 Å². The van der Waals surface area contributed by atoms with Gasteiger partial charge in [0, 0.05) is 25.5 Å². The summed E-state index contributed by atoms with van der Waals surface area (Å²) < 4.78 is 1.04. The van der Waals surface area contributed by atoms with Gasteiger partial charge in [-0.1, -0.05) is 40.2 Å². The largest absolute Gasteiger partial charge is 0.325 e. The van der Waals surface area contributed by atoms with E-state index in [9.17, 15) is 4.79 Å². The van der Waals surface area contributed by atoms with Crippen LogP contribution in [0.2, 0.25) is 0 Å². The van der Waals surface area contributed by atoms with Gasteiger partial charge in [-0.3, -0.25) is 4.79 Å². The summed E-state index contributed by atoms with van der Waals surface area (Å²) in [6, 6.07) is 19.9. The highest BCUT2D eigenvalue weighted by Crippen LogP contribution is 2.31. The zero-order chi connectivity index (χ0) is 16.1. The van der Waals surface area contributed by atoms with Crippen molar-refractivity contribution in [3.05, 3.63) is 70.5 Å². The van der Waals surface area contributed by atoms with Crippen LogP contribution in [0.3, 0.4) is 0 Å². The van der Waals surface area contributed by atoms with Gasteiger partial charge in [-0.15, -0.1) is 23.1 Å². The van der Waals surface area contributed by atoms with Crippen molar-refractivity contribution in [1.82, 2.24) is 0 Å². The minimum Gasteiger partial charge on any atom is -0.325 e. The molecule has 3 rings (SSSR count). The molecule has 5 heteroatoms. The fourth-order valence-electron chi connectivity index (χ4n) is 2.10. The molecule has 0 saturated heterocycles. The first-order valence-electron chi connectivity index (χ1n) is 7.03. The van der Waals surface area contributed by atoms with Crippen molar-refractivity contribution in [2.45, 2.75) is 4.90 Å². The molecular weight excluding hydrogens is 390 g/mol. The average Bonchev–Trinajstić information content (AvgIpc) is 3.09. The second-order valence-corrected chi connectivity index (χ2v) is 7.73. The molecule has 23 heavy (non-hydrogen) atoms. The van der Waals surface area contributed by atoms with E-state index < -0.39 is 0 Å². The summed E-state index contributed by atoms with van der Waals surface area (Å²) in [6.07, 6.45) is 0. The third-order valence-electron chi connectivity index (χ3n) is 3.17. The van der Waals surface area contributed by atoms with Crippen LogP contribution in [-0.4, -0.2) is 11.7 Å².